The van der Waals surface area contributed by atoms with Crippen molar-refractivity contribution in [1.82, 2.24) is 0 Å². The Morgan fingerprint density at radius 2 is 2.15 bits per heavy atom. The first kappa shape index (κ1) is 16.3. The maximum atomic E-state index is 11.9. The molecule has 0 aliphatic rings. The molecule has 0 spiro atoms. The summed E-state index contributed by atoms with van der Waals surface area (Å²) in [6.45, 7) is 3.65. The number of rotatable bonds is 8. The molecule has 0 fully saturated rings. The minimum Gasteiger partial charge on any atom is -0.481 e. The van der Waals surface area contributed by atoms with E-state index in [0.717, 1.165) is 10.6 Å². The van der Waals surface area contributed by atoms with Gasteiger partial charge in [-0.15, -0.1) is 18.3 Å². The molecule has 6 heteroatoms. The van der Waals surface area contributed by atoms with Gasteiger partial charge in [0.25, 0.3) is 0 Å². The average Bonchev–Trinajstić information content (AvgIpc) is 2.43. The van der Waals surface area contributed by atoms with Crippen LogP contribution in [0.2, 0.25) is 0 Å². The van der Waals surface area contributed by atoms with Gasteiger partial charge in [-0.2, -0.15) is 0 Å². The quantitative estimate of drug-likeness (QED) is 0.504. The predicted octanol–water partition coefficient (Wildman–Crippen LogP) is 2.10. The third-order valence-electron chi connectivity index (χ3n) is 2.51. The second kappa shape index (κ2) is 8.39. The van der Waals surface area contributed by atoms with Gasteiger partial charge in [-0.25, -0.2) is 0 Å². The summed E-state index contributed by atoms with van der Waals surface area (Å²) in [5.74, 6) is -0.606. The number of hydrogen-bond donors (Lipinski definition) is 3. The summed E-state index contributed by atoms with van der Waals surface area (Å²) < 4.78 is 0. The highest BCUT2D eigenvalue weighted by atomic mass is 32.2. The van der Waals surface area contributed by atoms with Crippen LogP contribution in [0, 0.1) is 0 Å². The monoisotopic (exact) mass is 294 g/mol. The highest BCUT2D eigenvalue weighted by Crippen LogP contribution is 2.27. The van der Waals surface area contributed by atoms with Crippen LogP contribution in [-0.4, -0.2) is 28.8 Å². The number of carboxylic acid groups (broad SMARTS) is 1. The Kier molecular flexibility index (Phi) is 6.83. The maximum Gasteiger partial charge on any atom is 0.303 e. The van der Waals surface area contributed by atoms with Crippen LogP contribution in [0.25, 0.3) is 0 Å². The largest absolute Gasteiger partial charge is 0.481 e. The first-order valence-electron chi connectivity index (χ1n) is 6.15. The lowest BCUT2D eigenvalue weighted by molar-refractivity contribution is -0.137. The first-order chi connectivity index (χ1) is 9.54. The molecule has 1 aromatic carbocycles. The molecule has 1 atom stereocenters. The van der Waals surface area contributed by atoms with E-state index in [1.807, 2.05) is 18.2 Å². The van der Waals surface area contributed by atoms with E-state index in [2.05, 4.69) is 11.9 Å². The zero-order valence-electron chi connectivity index (χ0n) is 11.0. The Balaban J connectivity index is 2.64. The lowest BCUT2D eigenvalue weighted by Gasteiger charge is -2.13. The molecule has 1 aromatic rings. The van der Waals surface area contributed by atoms with Gasteiger partial charge in [0.15, 0.2) is 0 Å². The van der Waals surface area contributed by atoms with Gasteiger partial charge >= 0.3 is 5.97 Å². The number of benzene rings is 1. The van der Waals surface area contributed by atoms with Crippen molar-refractivity contribution in [3.8, 4) is 0 Å². The van der Waals surface area contributed by atoms with Gasteiger partial charge in [0, 0.05) is 17.1 Å². The third kappa shape index (κ3) is 5.46. The molecular formula is C14H18N2O3S. The average molecular weight is 294 g/mol. The minimum atomic E-state index is -0.963. The lowest BCUT2D eigenvalue weighted by Crippen LogP contribution is -2.36. The molecule has 1 rings (SSSR count). The number of amides is 1. The topological polar surface area (TPSA) is 92.4 Å². The van der Waals surface area contributed by atoms with Crippen molar-refractivity contribution in [2.45, 2.75) is 23.8 Å². The summed E-state index contributed by atoms with van der Waals surface area (Å²) in [4.78, 5) is 23.3. The van der Waals surface area contributed by atoms with Crippen molar-refractivity contribution in [3.63, 3.8) is 0 Å². The fourth-order valence-electron chi connectivity index (χ4n) is 1.48. The lowest BCUT2D eigenvalue weighted by atomic mass is 10.1. The van der Waals surface area contributed by atoms with Gasteiger partial charge in [-0.3, -0.25) is 9.59 Å². The molecule has 0 aliphatic carbocycles. The minimum absolute atomic E-state index is 0.114. The Bertz CT molecular complexity index is 491. The zero-order chi connectivity index (χ0) is 15.0. The van der Waals surface area contributed by atoms with E-state index in [1.165, 1.54) is 0 Å². The van der Waals surface area contributed by atoms with Crippen molar-refractivity contribution >= 4 is 29.3 Å². The highest BCUT2D eigenvalue weighted by Gasteiger charge is 2.16. The number of carboxylic acids is 1. The van der Waals surface area contributed by atoms with E-state index < -0.39 is 12.0 Å². The molecule has 4 N–H and O–H groups in total. The Hall–Kier alpha value is -1.79. The standard InChI is InChI=1S/C14H18N2O3S/c1-2-9-20-12-6-4-3-5-11(12)16-14(19)10(15)7-8-13(17)18/h2-6,10H,1,7-9,15H2,(H,16,19)(H,17,18). The van der Waals surface area contributed by atoms with Gasteiger partial charge in [0.1, 0.15) is 0 Å². The Labute approximate surface area is 122 Å². The molecule has 0 heterocycles. The number of nitrogens with two attached hydrogens (primary N) is 1. The van der Waals surface area contributed by atoms with E-state index in [0.29, 0.717) is 5.69 Å². The van der Waals surface area contributed by atoms with Crippen LogP contribution in [0.3, 0.4) is 0 Å². The van der Waals surface area contributed by atoms with Crippen molar-refractivity contribution in [2.24, 2.45) is 5.73 Å². The van der Waals surface area contributed by atoms with E-state index in [-0.39, 0.29) is 18.7 Å². The number of aliphatic carboxylic acids is 1. The second-order valence-electron chi connectivity index (χ2n) is 4.12. The molecular weight excluding hydrogens is 276 g/mol. The van der Waals surface area contributed by atoms with Gasteiger partial charge in [-0.05, 0) is 18.6 Å². The van der Waals surface area contributed by atoms with Crippen LogP contribution >= 0.6 is 11.8 Å². The maximum absolute atomic E-state index is 11.9. The molecule has 0 radical (unpaired) electrons. The number of carbonyl (C=O) groups excluding carboxylic acids is 1. The molecule has 1 amide bonds. The summed E-state index contributed by atoms with van der Waals surface area (Å²) in [5.41, 5.74) is 6.34. The molecule has 0 aromatic heterocycles. The number of anilines is 1. The Morgan fingerprint density at radius 1 is 1.45 bits per heavy atom. The SMILES string of the molecule is C=CCSc1ccccc1NC(=O)C(N)CCC(=O)O. The normalized spacial score (nSPS) is 11.7. The van der Waals surface area contributed by atoms with Crippen LogP contribution < -0.4 is 11.1 Å². The van der Waals surface area contributed by atoms with E-state index >= 15 is 0 Å². The molecule has 20 heavy (non-hydrogen) atoms. The number of para-hydroxylation sites is 1. The molecule has 108 valence electrons. The fraction of sp³-hybridized carbons (Fsp3) is 0.286. The second-order valence-corrected chi connectivity index (χ2v) is 5.19. The van der Waals surface area contributed by atoms with Crippen molar-refractivity contribution in [3.05, 3.63) is 36.9 Å². The van der Waals surface area contributed by atoms with E-state index in [1.54, 1.807) is 23.9 Å². The number of carbonyl (C=O) groups is 2. The van der Waals surface area contributed by atoms with Gasteiger partial charge in [0.2, 0.25) is 5.91 Å². The Morgan fingerprint density at radius 3 is 2.80 bits per heavy atom. The fourth-order valence-corrected chi connectivity index (χ4v) is 2.23. The number of nitrogens with one attached hydrogen (secondary N) is 1. The molecule has 5 nitrogen and oxygen atoms in total. The molecule has 1 unspecified atom stereocenters. The van der Waals surface area contributed by atoms with Crippen LogP contribution in [0.1, 0.15) is 12.8 Å². The molecule has 0 saturated carbocycles. The van der Waals surface area contributed by atoms with Crippen LogP contribution in [-0.2, 0) is 9.59 Å². The van der Waals surface area contributed by atoms with E-state index in [9.17, 15) is 9.59 Å². The van der Waals surface area contributed by atoms with Crippen LogP contribution in [0.15, 0.2) is 41.8 Å². The predicted molar refractivity (Wildman–Crippen MR) is 80.8 cm³/mol. The van der Waals surface area contributed by atoms with Gasteiger partial charge in [0.05, 0.1) is 11.7 Å². The summed E-state index contributed by atoms with van der Waals surface area (Å²) in [5, 5.41) is 11.3. The van der Waals surface area contributed by atoms with Gasteiger partial charge < -0.3 is 16.2 Å². The number of hydrogen-bond acceptors (Lipinski definition) is 4. The molecule has 0 aliphatic heterocycles. The zero-order valence-corrected chi connectivity index (χ0v) is 11.9. The summed E-state index contributed by atoms with van der Waals surface area (Å²) in [7, 11) is 0. The first-order valence-corrected chi connectivity index (χ1v) is 7.14. The van der Waals surface area contributed by atoms with Crippen LogP contribution in [0.4, 0.5) is 5.69 Å². The molecule has 0 bridgehead atoms. The van der Waals surface area contributed by atoms with Crippen molar-refractivity contribution < 1.29 is 14.7 Å². The van der Waals surface area contributed by atoms with Crippen molar-refractivity contribution in [2.75, 3.05) is 11.1 Å². The third-order valence-corrected chi connectivity index (χ3v) is 3.58. The highest BCUT2D eigenvalue weighted by molar-refractivity contribution is 7.99. The number of thioether (sulfide) groups is 1. The molecule has 0 saturated heterocycles. The van der Waals surface area contributed by atoms with Gasteiger partial charge in [-0.1, -0.05) is 18.2 Å². The van der Waals surface area contributed by atoms with Crippen molar-refractivity contribution in [1.29, 1.82) is 0 Å². The summed E-state index contributed by atoms with van der Waals surface area (Å²) in [6, 6.07) is 6.55. The van der Waals surface area contributed by atoms with E-state index in [4.69, 9.17) is 10.8 Å². The summed E-state index contributed by atoms with van der Waals surface area (Å²) in [6.07, 6.45) is 1.77. The summed E-state index contributed by atoms with van der Waals surface area (Å²) >= 11 is 1.55. The van der Waals surface area contributed by atoms with Crippen LogP contribution in [0.5, 0.6) is 0 Å². The smallest absolute Gasteiger partial charge is 0.303 e.